The van der Waals surface area contributed by atoms with Crippen LogP contribution < -0.4 is 10.6 Å². The lowest BCUT2D eigenvalue weighted by molar-refractivity contribution is -0.310. The minimum Gasteiger partial charge on any atom is -0.548 e. The maximum atomic E-state index is 10.0. The molecule has 0 aliphatic heterocycles. The Balaban J connectivity index is 2.47. The number of carbonyl (C=O) groups excluding carboxylic acids is 1. The number of benzene rings is 1. The van der Waals surface area contributed by atoms with Crippen molar-refractivity contribution in [3.05, 3.63) is 40.9 Å². The van der Waals surface area contributed by atoms with Crippen LogP contribution in [0.4, 0.5) is 0 Å². The molecule has 80 valence electrons. The highest BCUT2D eigenvalue weighted by atomic mass is 79.9. The predicted molar refractivity (Wildman–Crippen MR) is 57.3 cm³/mol. The molecular formula is C10H9BrNO3-. The first-order valence-electron chi connectivity index (χ1n) is 4.12. The standard InChI is InChI=1S/C10H10BrNO3/c1-7(12-15-6-10(13)14)8-2-4-9(11)5-3-8/h2-5,12H,1,6H2,(H,13,14)/p-1. The summed E-state index contributed by atoms with van der Waals surface area (Å²) in [5.41, 5.74) is 3.72. The van der Waals surface area contributed by atoms with Gasteiger partial charge in [-0.05, 0) is 17.7 Å². The zero-order valence-corrected chi connectivity index (χ0v) is 9.41. The van der Waals surface area contributed by atoms with Gasteiger partial charge in [-0.15, -0.1) is 0 Å². The summed E-state index contributed by atoms with van der Waals surface area (Å²) in [6.07, 6.45) is 0. The summed E-state index contributed by atoms with van der Waals surface area (Å²) < 4.78 is 0.953. The molecule has 0 amide bonds. The van der Waals surface area contributed by atoms with E-state index in [0.29, 0.717) is 5.70 Å². The summed E-state index contributed by atoms with van der Waals surface area (Å²) in [6, 6.07) is 7.34. The van der Waals surface area contributed by atoms with Gasteiger partial charge in [0.05, 0.1) is 11.7 Å². The van der Waals surface area contributed by atoms with Crippen molar-refractivity contribution in [1.82, 2.24) is 5.48 Å². The van der Waals surface area contributed by atoms with Crippen LogP contribution >= 0.6 is 15.9 Å². The molecule has 1 N–H and O–H groups in total. The van der Waals surface area contributed by atoms with E-state index in [1.807, 2.05) is 24.3 Å². The molecule has 1 aromatic rings. The van der Waals surface area contributed by atoms with Gasteiger partial charge < -0.3 is 9.90 Å². The summed E-state index contributed by atoms with van der Waals surface area (Å²) in [6.45, 7) is 3.17. The summed E-state index contributed by atoms with van der Waals surface area (Å²) in [5, 5.41) is 10.0. The predicted octanol–water partition coefficient (Wildman–Crippen LogP) is 0.691. The van der Waals surface area contributed by atoms with Gasteiger partial charge in [0.15, 0.2) is 0 Å². The van der Waals surface area contributed by atoms with E-state index in [9.17, 15) is 9.90 Å². The second-order valence-electron chi connectivity index (χ2n) is 2.75. The van der Waals surface area contributed by atoms with Crippen LogP contribution in [-0.2, 0) is 9.63 Å². The number of hydrogen-bond donors (Lipinski definition) is 1. The molecule has 0 aliphatic rings. The second kappa shape index (κ2) is 5.53. The van der Waals surface area contributed by atoms with E-state index in [4.69, 9.17) is 0 Å². The molecule has 0 atom stereocenters. The molecule has 5 heteroatoms. The van der Waals surface area contributed by atoms with E-state index in [2.05, 4.69) is 32.8 Å². The third-order valence-electron chi connectivity index (χ3n) is 1.58. The van der Waals surface area contributed by atoms with E-state index in [0.717, 1.165) is 10.0 Å². The first kappa shape index (κ1) is 11.7. The molecule has 0 saturated carbocycles. The largest absolute Gasteiger partial charge is 0.548 e. The molecule has 0 heterocycles. The van der Waals surface area contributed by atoms with Crippen LogP contribution in [0.25, 0.3) is 5.70 Å². The highest BCUT2D eigenvalue weighted by Gasteiger charge is 1.97. The average Bonchev–Trinajstić information content (AvgIpc) is 2.18. The molecule has 0 radical (unpaired) electrons. The summed E-state index contributed by atoms with van der Waals surface area (Å²) in [4.78, 5) is 14.7. The van der Waals surface area contributed by atoms with Gasteiger partial charge in [-0.3, -0.25) is 10.3 Å². The van der Waals surface area contributed by atoms with Gasteiger partial charge in [0.1, 0.15) is 6.61 Å². The van der Waals surface area contributed by atoms with Crippen molar-refractivity contribution in [2.45, 2.75) is 0 Å². The smallest absolute Gasteiger partial charge is 0.114 e. The fraction of sp³-hybridized carbons (Fsp3) is 0.100. The minimum absolute atomic E-state index is 0.490. The molecule has 0 aliphatic carbocycles. The van der Waals surface area contributed by atoms with E-state index < -0.39 is 12.6 Å². The number of nitrogens with one attached hydrogen (secondary N) is 1. The topological polar surface area (TPSA) is 61.4 Å². The second-order valence-corrected chi connectivity index (χ2v) is 3.66. The maximum absolute atomic E-state index is 10.0. The Hall–Kier alpha value is -1.33. The Morgan fingerprint density at radius 2 is 2.07 bits per heavy atom. The van der Waals surface area contributed by atoms with Crippen molar-refractivity contribution in [2.24, 2.45) is 0 Å². The summed E-state index contributed by atoms with van der Waals surface area (Å²) in [7, 11) is 0. The first-order chi connectivity index (χ1) is 7.09. The lowest BCUT2D eigenvalue weighted by Crippen LogP contribution is -2.30. The van der Waals surface area contributed by atoms with Crippen LogP contribution in [0.15, 0.2) is 35.3 Å². The third-order valence-corrected chi connectivity index (χ3v) is 2.11. The monoisotopic (exact) mass is 270 g/mol. The van der Waals surface area contributed by atoms with Crippen LogP contribution in [0.2, 0.25) is 0 Å². The molecule has 0 aromatic heterocycles. The van der Waals surface area contributed by atoms with E-state index >= 15 is 0 Å². The highest BCUT2D eigenvalue weighted by Crippen LogP contribution is 2.14. The van der Waals surface area contributed by atoms with Gasteiger partial charge in [-0.2, -0.15) is 0 Å². The Kier molecular flexibility index (Phi) is 4.33. The number of aliphatic carboxylic acids is 1. The minimum atomic E-state index is -1.29. The number of hydroxylamine groups is 1. The van der Waals surface area contributed by atoms with Crippen molar-refractivity contribution in [1.29, 1.82) is 0 Å². The van der Waals surface area contributed by atoms with Crippen LogP contribution in [0.5, 0.6) is 0 Å². The molecule has 0 bridgehead atoms. The number of carboxylic acids is 1. The van der Waals surface area contributed by atoms with E-state index in [1.165, 1.54) is 0 Å². The number of carboxylic acid groups (broad SMARTS) is 1. The number of halogens is 1. The summed E-state index contributed by atoms with van der Waals surface area (Å²) >= 11 is 3.30. The van der Waals surface area contributed by atoms with Gasteiger partial charge in [-0.1, -0.05) is 34.6 Å². The molecule has 15 heavy (non-hydrogen) atoms. The summed E-state index contributed by atoms with van der Waals surface area (Å²) in [5.74, 6) is -1.29. The highest BCUT2D eigenvalue weighted by molar-refractivity contribution is 9.10. The molecular weight excluding hydrogens is 262 g/mol. The Bertz CT molecular complexity index is 361. The Labute approximate surface area is 95.6 Å². The number of hydrogen-bond acceptors (Lipinski definition) is 4. The third kappa shape index (κ3) is 4.14. The normalized spacial score (nSPS) is 9.67. The average molecular weight is 271 g/mol. The van der Waals surface area contributed by atoms with Crippen molar-refractivity contribution < 1.29 is 14.7 Å². The molecule has 0 saturated heterocycles. The molecule has 0 fully saturated rings. The van der Waals surface area contributed by atoms with Crippen LogP contribution in [0.3, 0.4) is 0 Å². The molecule has 1 rings (SSSR count). The lowest BCUT2D eigenvalue weighted by atomic mass is 10.2. The molecule has 4 nitrogen and oxygen atoms in total. The van der Waals surface area contributed by atoms with Gasteiger partial charge in [-0.25, -0.2) is 0 Å². The quantitative estimate of drug-likeness (QED) is 0.800. The van der Waals surface area contributed by atoms with Gasteiger partial charge in [0, 0.05) is 4.47 Å². The zero-order valence-electron chi connectivity index (χ0n) is 7.83. The number of carbonyl (C=O) groups is 1. The van der Waals surface area contributed by atoms with Crippen molar-refractivity contribution in [3.63, 3.8) is 0 Å². The zero-order chi connectivity index (χ0) is 11.3. The maximum Gasteiger partial charge on any atom is 0.114 e. The fourth-order valence-electron chi connectivity index (χ4n) is 0.892. The lowest BCUT2D eigenvalue weighted by Gasteiger charge is -2.10. The Morgan fingerprint density at radius 1 is 1.47 bits per heavy atom. The van der Waals surface area contributed by atoms with Crippen molar-refractivity contribution >= 4 is 27.6 Å². The van der Waals surface area contributed by atoms with Crippen LogP contribution in [-0.4, -0.2) is 12.6 Å². The molecule has 0 unspecified atom stereocenters. The molecule has 1 aromatic carbocycles. The van der Waals surface area contributed by atoms with Gasteiger partial charge in [0.2, 0.25) is 0 Å². The number of rotatable bonds is 5. The molecule has 0 spiro atoms. The van der Waals surface area contributed by atoms with Crippen molar-refractivity contribution in [2.75, 3.05) is 6.61 Å². The fourth-order valence-corrected chi connectivity index (χ4v) is 1.16. The van der Waals surface area contributed by atoms with Crippen molar-refractivity contribution in [3.8, 4) is 0 Å². The van der Waals surface area contributed by atoms with E-state index in [-0.39, 0.29) is 0 Å². The van der Waals surface area contributed by atoms with Crippen LogP contribution in [0, 0.1) is 0 Å². The SMILES string of the molecule is C=C(NOCC(=O)[O-])c1ccc(Br)cc1. The Morgan fingerprint density at radius 3 is 2.60 bits per heavy atom. The first-order valence-corrected chi connectivity index (χ1v) is 4.91. The van der Waals surface area contributed by atoms with Gasteiger partial charge >= 0.3 is 0 Å². The van der Waals surface area contributed by atoms with E-state index in [1.54, 1.807) is 0 Å². The van der Waals surface area contributed by atoms with Crippen LogP contribution in [0.1, 0.15) is 5.56 Å². The van der Waals surface area contributed by atoms with Gasteiger partial charge in [0.25, 0.3) is 0 Å².